The van der Waals surface area contributed by atoms with Crippen LogP contribution in [0.4, 0.5) is 45.5 Å². The molecule has 83 heavy (non-hydrogen) atoms. The van der Waals surface area contributed by atoms with E-state index in [2.05, 4.69) is 286 Å². The summed E-state index contributed by atoms with van der Waals surface area (Å²) in [7, 11) is 0. The summed E-state index contributed by atoms with van der Waals surface area (Å²) in [5, 5.41) is 2.45. The second-order valence-electron chi connectivity index (χ2n) is 23.6. The van der Waals surface area contributed by atoms with Crippen LogP contribution in [-0.2, 0) is 24.7 Å². The number of rotatable bonds is 16. The molecule has 3 aliphatic rings. The summed E-state index contributed by atoms with van der Waals surface area (Å²) in [6, 6.07) is 91.6. The Kier molecular flexibility index (Phi) is 13.7. The zero-order chi connectivity index (χ0) is 56.2. The van der Waals surface area contributed by atoms with Gasteiger partial charge in [-0.2, -0.15) is 0 Å². The molecule has 3 heterocycles. The molecule has 11 aromatic carbocycles. The van der Waals surface area contributed by atoms with Crippen LogP contribution in [0.15, 0.2) is 237 Å². The maximum atomic E-state index is 2.73. The van der Waals surface area contributed by atoms with Crippen molar-refractivity contribution in [1.29, 1.82) is 0 Å². The lowest BCUT2D eigenvalue weighted by Gasteiger charge is -2.52. The van der Waals surface area contributed by atoms with E-state index >= 15 is 0 Å². The Hall–Kier alpha value is -8.86. The summed E-state index contributed by atoms with van der Waals surface area (Å²) >= 11 is 0. The largest absolute Gasteiger partial charge is 0.376 e. The summed E-state index contributed by atoms with van der Waals surface area (Å²) in [6.45, 7) is 11.3. The molecule has 0 radical (unpaired) electrons. The van der Waals surface area contributed by atoms with Gasteiger partial charge >= 0.3 is 6.85 Å². The number of unbranched alkanes of at least 4 members (excludes halogenated alkanes) is 3. The van der Waals surface area contributed by atoms with E-state index in [0.717, 1.165) is 49.2 Å². The molecule has 11 aromatic rings. The third kappa shape index (κ3) is 8.80. The molecule has 0 bridgehead atoms. The SMILES string of the molecule is CCCCc1ccc(N(c2ccc(CCCC)cc2)c2ccc3c(c2)-c2cc(-c4c(C)cccc4C)cc4c2B(c2cccc5c2N4c2cc4ccccc4cc2C5(c2ccccc2)c2ccccc2)N3c2cccc(CCCC)c2)cc1. The Morgan fingerprint density at radius 1 is 0.422 bits per heavy atom. The van der Waals surface area contributed by atoms with Crippen molar-refractivity contribution in [3.63, 3.8) is 0 Å². The van der Waals surface area contributed by atoms with Gasteiger partial charge in [0.1, 0.15) is 0 Å². The lowest BCUT2D eigenvalue weighted by molar-refractivity contribution is 0.733. The van der Waals surface area contributed by atoms with Gasteiger partial charge < -0.3 is 14.6 Å². The van der Waals surface area contributed by atoms with E-state index in [1.165, 1.54) is 148 Å². The highest BCUT2D eigenvalue weighted by molar-refractivity contribution is 6.93. The Balaban J connectivity index is 1.10. The first kappa shape index (κ1) is 52.2. The van der Waals surface area contributed by atoms with Crippen molar-refractivity contribution in [2.75, 3.05) is 14.6 Å². The van der Waals surface area contributed by atoms with Gasteiger partial charge in [-0.05, 0) is 220 Å². The highest BCUT2D eigenvalue weighted by Gasteiger charge is 2.53. The average Bonchev–Trinajstić information content (AvgIpc) is 1.86. The van der Waals surface area contributed by atoms with Crippen molar-refractivity contribution in [2.24, 2.45) is 0 Å². The first-order valence-electron chi connectivity index (χ1n) is 30.7. The van der Waals surface area contributed by atoms with Crippen LogP contribution >= 0.6 is 0 Å². The van der Waals surface area contributed by atoms with Crippen molar-refractivity contribution in [1.82, 2.24) is 0 Å². The highest BCUT2D eigenvalue weighted by Crippen LogP contribution is 2.60. The smallest absolute Gasteiger partial charge is 0.333 e. The molecular formula is C79H72BN3. The Labute approximate surface area is 492 Å². The van der Waals surface area contributed by atoms with Crippen molar-refractivity contribution < 1.29 is 0 Å². The van der Waals surface area contributed by atoms with Gasteiger partial charge in [0.2, 0.25) is 0 Å². The number of anilines is 8. The molecule has 4 heteroatoms. The summed E-state index contributed by atoms with van der Waals surface area (Å²) in [5.74, 6) is 0. The van der Waals surface area contributed by atoms with Gasteiger partial charge in [-0.25, -0.2) is 0 Å². The summed E-state index contributed by atoms with van der Waals surface area (Å²) in [6.07, 6.45) is 10.2. The van der Waals surface area contributed by atoms with E-state index in [1.807, 2.05) is 0 Å². The average molecular weight is 1070 g/mol. The van der Waals surface area contributed by atoms with Crippen LogP contribution in [0.2, 0.25) is 0 Å². The van der Waals surface area contributed by atoms with Crippen molar-refractivity contribution in [2.45, 2.75) is 97.8 Å². The Morgan fingerprint density at radius 2 is 0.988 bits per heavy atom. The number of nitrogens with zero attached hydrogens (tertiary/aromatic N) is 3. The zero-order valence-electron chi connectivity index (χ0n) is 48.8. The van der Waals surface area contributed by atoms with E-state index in [0.29, 0.717) is 0 Å². The topological polar surface area (TPSA) is 9.72 Å². The lowest BCUT2D eigenvalue weighted by Crippen LogP contribution is -2.62. The first-order valence-corrected chi connectivity index (χ1v) is 30.7. The minimum atomic E-state index is -0.660. The third-order valence-electron chi connectivity index (χ3n) is 18.4. The van der Waals surface area contributed by atoms with Gasteiger partial charge in [0.25, 0.3) is 0 Å². The van der Waals surface area contributed by atoms with E-state index in [-0.39, 0.29) is 6.85 Å². The molecule has 0 atom stereocenters. The molecule has 406 valence electrons. The normalized spacial score (nSPS) is 13.3. The quantitative estimate of drug-likeness (QED) is 0.0893. The first-order chi connectivity index (χ1) is 40.9. The molecule has 0 aliphatic carbocycles. The van der Waals surface area contributed by atoms with E-state index < -0.39 is 5.41 Å². The fourth-order valence-electron chi connectivity index (χ4n) is 14.5. The molecule has 3 nitrogen and oxygen atoms in total. The predicted octanol–water partition coefficient (Wildman–Crippen LogP) is 20.0. The number of benzene rings is 11. The Bertz CT molecular complexity index is 4090. The maximum Gasteiger partial charge on any atom is 0.333 e. The number of fused-ring (bicyclic) bond motifs is 7. The Morgan fingerprint density at radius 3 is 1.61 bits per heavy atom. The molecular weight excluding hydrogens is 1000 g/mol. The molecule has 0 saturated carbocycles. The predicted molar refractivity (Wildman–Crippen MR) is 355 cm³/mol. The second kappa shape index (κ2) is 21.8. The van der Waals surface area contributed by atoms with Crippen molar-refractivity contribution in [3.05, 3.63) is 287 Å². The lowest BCUT2D eigenvalue weighted by atomic mass is 9.42. The number of aryl methyl sites for hydroxylation is 5. The monoisotopic (exact) mass is 1070 g/mol. The molecule has 0 aromatic heterocycles. The van der Waals surface area contributed by atoms with E-state index in [9.17, 15) is 0 Å². The van der Waals surface area contributed by atoms with Gasteiger partial charge in [-0.3, -0.25) is 0 Å². The number of hydrogen-bond donors (Lipinski definition) is 0. The van der Waals surface area contributed by atoms with Crippen LogP contribution in [0.1, 0.15) is 109 Å². The molecule has 0 fully saturated rings. The van der Waals surface area contributed by atoms with Gasteiger partial charge in [0.15, 0.2) is 0 Å². The molecule has 0 N–H and O–H groups in total. The van der Waals surface area contributed by atoms with Crippen molar-refractivity contribution >= 4 is 74.0 Å². The summed E-state index contributed by atoms with van der Waals surface area (Å²) in [5.41, 5.74) is 28.3. The minimum Gasteiger partial charge on any atom is -0.376 e. The van der Waals surface area contributed by atoms with Crippen LogP contribution in [0.3, 0.4) is 0 Å². The standard InChI is InChI=1S/C79H72BN3/c1-6-9-25-56-38-42-64(43-39-56)81(65-44-40-57(41-45-65)26-10-7-2)66-46-47-73-68(53-66)69-49-61(76-54(4)23-20-24-55(76)5)52-75-77(69)80(83(73)67-35-21-28-58(48-67)27-11-8-3)72-37-22-36-70-78(72)82(75)74-51-60-30-19-18-29-59(60)50-71(74)79(70,62-31-14-12-15-32-62)63-33-16-13-17-34-63/h12-24,28-53H,6-11,25-27H2,1-5H3. The maximum absolute atomic E-state index is 2.73. The van der Waals surface area contributed by atoms with Crippen LogP contribution in [0.25, 0.3) is 33.0 Å². The molecule has 3 aliphatic heterocycles. The molecule has 0 unspecified atom stereocenters. The fraction of sp³-hybridized carbons (Fsp3) is 0.190. The van der Waals surface area contributed by atoms with Crippen LogP contribution < -0.4 is 25.5 Å². The minimum absolute atomic E-state index is 0.174. The summed E-state index contributed by atoms with van der Waals surface area (Å²) in [4.78, 5) is 7.93. The van der Waals surface area contributed by atoms with Gasteiger partial charge in [0.05, 0.1) is 11.1 Å². The van der Waals surface area contributed by atoms with E-state index in [4.69, 9.17) is 0 Å². The number of para-hydroxylation sites is 1. The second-order valence-corrected chi connectivity index (χ2v) is 23.6. The van der Waals surface area contributed by atoms with Crippen LogP contribution in [0.5, 0.6) is 0 Å². The van der Waals surface area contributed by atoms with Gasteiger partial charge in [-0.1, -0.05) is 198 Å². The third-order valence-corrected chi connectivity index (χ3v) is 18.4. The van der Waals surface area contributed by atoms with Crippen molar-refractivity contribution in [3.8, 4) is 22.3 Å². The van der Waals surface area contributed by atoms with Gasteiger partial charge in [0, 0.05) is 45.4 Å². The zero-order valence-corrected chi connectivity index (χ0v) is 48.8. The van der Waals surface area contributed by atoms with Crippen LogP contribution in [0, 0.1) is 13.8 Å². The van der Waals surface area contributed by atoms with E-state index in [1.54, 1.807) is 0 Å². The fourth-order valence-corrected chi connectivity index (χ4v) is 14.5. The molecule has 0 spiro atoms. The van der Waals surface area contributed by atoms with Crippen LogP contribution in [-0.4, -0.2) is 6.85 Å². The molecule has 0 amide bonds. The number of hydrogen-bond acceptors (Lipinski definition) is 3. The molecule has 14 rings (SSSR count). The molecule has 0 saturated heterocycles. The highest BCUT2D eigenvalue weighted by atomic mass is 15.2. The van der Waals surface area contributed by atoms with Gasteiger partial charge in [-0.15, -0.1) is 0 Å². The summed E-state index contributed by atoms with van der Waals surface area (Å²) < 4.78 is 0.